The molecule has 0 aliphatic carbocycles. The largest absolute Gasteiger partial charge is 0.496 e. The summed E-state index contributed by atoms with van der Waals surface area (Å²) in [7, 11) is 1.59. The minimum atomic E-state index is -0.991. The minimum absolute atomic E-state index is 0.196. The van der Waals surface area contributed by atoms with Crippen LogP contribution in [0.25, 0.3) is 0 Å². The molecule has 2 aromatic rings. The van der Waals surface area contributed by atoms with Gasteiger partial charge in [0.05, 0.1) is 12.7 Å². The fourth-order valence-corrected chi connectivity index (χ4v) is 2.97. The van der Waals surface area contributed by atoms with Crippen LogP contribution in [-0.2, 0) is 6.54 Å². The van der Waals surface area contributed by atoms with Crippen molar-refractivity contribution in [1.82, 2.24) is 16.2 Å². The summed E-state index contributed by atoms with van der Waals surface area (Å²) in [5.74, 6) is -0.255. The quantitative estimate of drug-likeness (QED) is 0.627. The second-order valence-electron chi connectivity index (χ2n) is 6.10. The SMILES string of the molecule is COc1cc(C(=O)NCc2cccc(C(=O)O)c2)ccc1C1CNNC1. The number of carboxylic acids is 1. The van der Waals surface area contributed by atoms with Crippen molar-refractivity contribution < 1.29 is 19.4 Å². The number of methoxy groups -OCH3 is 1. The topological polar surface area (TPSA) is 99.7 Å². The second-order valence-corrected chi connectivity index (χ2v) is 6.10. The predicted octanol–water partition coefficient (Wildman–Crippen LogP) is 1.51. The Kier molecular flexibility index (Phi) is 5.50. The van der Waals surface area contributed by atoms with Gasteiger partial charge in [-0.1, -0.05) is 18.2 Å². The van der Waals surface area contributed by atoms with Crippen LogP contribution in [-0.4, -0.2) is 37.2 Å². The van der Waals surface area contributed by atoms with Gasteiger partial charge in [0.2, 0.25) is 0 Å². The average molecular weight is 355 g/mol. The Bertz CT molecular complexity index is 816. The van der Waals surface area contributed by atoms with Crippen molar-refractivity contribution >= 4 is 11.9 Å². The van der Waals surface area contributed by atoms with Gasteiger partial charge in [0.1, 0.15) is 5.75 Å². The van der Waals surface area contributed by atoms with E-state index >= 15 is 0 Å². The summed E-state index contributed by atoms with van der Waals surface area (Å²) in [5.41, 5.74) is 8.64. The lowest BCUT2D eigenvalue weighted by atomic mass is 9.97. The molecule has 26 heavy (non-hydrogen) atoms. The van der Waals surface area contributed by atoms with E-state index < -0.39 is 5.97 Å². The molecule has 1 heterocycles. The highest BCUT2D eigenvalue weighted by atomic mass is 16.5. The second kappa shape index (κ2) is 7.99. The molecule has 136 valence electrons. The highest BCUT2D eigenvalue weighted by molar-refractivity contribution is 5.94. The maximum Gasteiger partial charge on any atom is 0.335 e. The van der Waals surface area contributed by atoms with Crippen LogP contribution in [0.4, 0.5) is 0 Å². The van der Waals surface area contributed by atoms with Gasteiger partial charge in [0, 0.05) is 31.1 Å². The summed E-state index contributed by atoms with van der Waals surface area (Å²) in [6, 6.07) is 11.9. The molecule has 0 aromatic heterocycles. The van der Waals surface area contributed by atoms with Crippen LogP contribution in [0.2, 0.25) is 0 Å². The Morgan fingerprint density at radius 2 is 1.92 bits per heavy atom. The number of nitrogens with one attached hydrogen (secondary N) is 3. The van der Waals surface area contributed by atoms with Crippen LogP contribution in [0.15, 0.2) is 42.5 Å². The first-order chi connectivity index (χ1) is 12.6. The molecule has 0 unspecified atom stereocenters. The predicted molar refractivity (Wildman–Crippen MR) is 96.3 cm³/mol. The Hall–Kier alpha value is -2.90. The van der Waals surface area contributed by atoms with Gasteiger partial charge in [0.25, 0.3) is 5.91 Å². The zero-order valence-electron chi connectivity index (χ0n) is 14.4. The van der Waals surface area contributed by atoms with Crippen molar-refractivity contribution in [3.05, 3.63) is 64.7 Å². The molecule has 1 aliphatic heterocycles. The number of carboxylic acid groups (broad SMARTS) is 1. The smallest absolute Gasteiger partial charge is 0.335 e. The molecule has 0 saturated carbocycles. The van der Waals surface area contributed by atoms with Crippen molar-refractivity contribution in [1.29, 1.82) is 0 Å². The van der Waals surface area contributed by atoms with Crippen LogP contribution in [0.3, 0.4) is 0 Å². The Balaban J connectivity index is 1.69. The highest BCUT2D eigenvalue weighted by Gasteiger charge is 2.21. The molecule has 7 nitrogen and oxygen atoms in total. The fourth-order valence-electron chi connectivity index (χ4n) is 2.97. The van der Waals surface area contributed by atoms with Crippen molar-refractivity contribution in [2.45, 2.75) is 12.5 Å². The third-order valence-electron chi connectivity index (χ3n) is 4.38. The molecule has 7 heteroatoms. The lowest BCUT2D eigenvalue weighted by Gasteiger charge is -2.15. The van der Waals surface area contributed by atoms with Gasteiger partial charge < -0.3 is 15.2 Å². The first-order valence-electron chi connectivity index (χ1n) is 8.32. The molecule has 0 bridgehead atoms. The van der Waals surface area contributed by atoms with E-state index in [-0.39, 0.29) is 18.0 Å². The molecule has 1 aliphatic rings. The number of aromatic carboxylic acids is 1. The summed E-state index contributed by atoms with van der Waals surface area (Å²) in [6.45, 7) is 1.87. The van der Waals surface area contributed by atoms with E-state index in [1.807, 2.05) is 6.07 Å². The lowest BCUT2D eigenvalue weighted by Crippen LogP contribution is -2.23. The fraction of sp³-hybridized carbons (Fsp3) is 0.263. The maximum atomic E-state index is 12.4. The zero-order chi connectivity index (χ0) is 18.5. The summed E-state index contributed by atoms with van der Waals surface area (Å²) < 4.78 is 5.45. The third-order valence-corrected chi connectivity index (χ3v) is 4.38. The summed E-state index contributed by atoms with van der Waals surface area (Å²) in [4.78, 5) is 23.4. The van der Waals surface area contributed by atoms with Crippen LogP contribution in [0.1, 0.15) is 37.8 Å². The van der Waals surface area contributed by atoms with E-state index in [9.17, 15) is 9.59 Å². The molecule has 1 saturated heterocycles. The number of amides is 1. The molecule has 2 aromatic carbocycles. The number of hydrazine groups is 1. The zero-order valence-corrected chi connectivity index (χ0v) is 14.4. The summed E-state index contributed by atoms with van der Waals surface area (Å²) in [5, 5.41) is 11.8. The first kappa shape index (κ1) is 17.9. The van der Waals surface area contributed by atoms with Crippen molar-refractivity contribution in [2.24, 2.45) is 0 Å². The van der Waals surface area contributed by atoms with E-state index in [1.54, 1.807) is 37.4 Å². The maximum absolute atomic E-state index is 12.4. The minimum Gasteiger partial charge on any atom is -0.496 e. The van der Waals surface area contributed by atoms with E-state index in [2.05, 4.69) is 16.2 Å². The normalized spacial score (nSPS) is 14.2. The number of carbonyl (C=O) groups excluding carboxylic acids is 1. The van der Waals surface area contributed by atoms with Gasteiger partial charge in [-0.25, -0.2) is 4.79 Å². The molecule has 3 rings (SSSR count). The molecular weight excluding hydrogens is 334 g/mol. The van der Waals surface area contributed by atoms with E-state index in [0.717, 1.165) is 24.2 Å². The molecule has 1 amide bonds. The molecule has 4 N–H and O–H groups in total. The van der Waals surface area contributed by atoms with Crippen LogP contribution < -0.4 is 20.9 Å². The Morgan fingerprint density at radius 3 is 2.62 bits per heavy atom. The molecule has 0 atom stereocenters. The highest BCUT2D eigenvalue weighted by Crippen LogP contribution is 2.28. The number of ether oxygens (including phenoxy) is 1. The van der Waals surface area contributed by atoms with Crippen molar-refractivity contribution in [3.63, 3.8) is 0 Å². The molecule has 1 fully saturated rings. The van der Waals surface area contributed by atoms with Gasteiger partial charge >= 0.3 is 5.97 Å². The molecule has 0 radical (unpaired) electrons. The summed E-state index contributed by atoms with van der Waals surface area (Å²) >= 11 is 0. The monoisotopic (exact) mass is 355 g/mol. The van der Waals surface area contributed by atoms with Gasteiger partial charge in [-0.2, -0.15) is 0 Å². The Morgan fingerprint density at radius 1 is 1.15 bits per heavy atom. The van der Waals surface area contributed by atoms with Gasteiger partial charge in [-0.15, -0.1) is 0 Å². The number of hydrogen-bond acceptors (Lipinski definition) is 5. The van der Waals surface area contributed by atoms with E-state index in [1.165, 1.54) is 6.07 Å². The third kappa shape index (κ3) is 4.01. The number of carbonyl (C=O) groups is 2. The van der Waals surface area contributed by atoms with Crippen LogP contribution >= 0.6 is 0 Å². The number of benzene rings is 2. The first-order valence-corrected chi connectivity index (χ1v) is 8.32. The summed E-state index contributed by atoms with van der Waals surface area (Å²) in [6.07, 6.45) is 0. The molecular formula is C19H21N3O4. The standard InChI is InChI=1S/C19H21N3O4/c1-26-17-8-13(5-6-16(17)15-10-21-22-11-15)18(23)20-9-12-3-2-4-14(7-12)19(24)25/h2-8,15,21-22H,9-11H2,1H3,(H,20,23)(H,24,25). The lowest BCUT2D eigenvalue weighted by molar-refractivity contribution is 0.0696. The van der Waals surface area contributed by atoms with Crippen molar-refractivity contribution in [3.8, 4) is 5.75 Å². The van der Waals surface area contributed by atoms with Crippen molar-refractivity contribution in [2.75, 3.05) is 20.2 Å². The van der Waals surface area contributed by atoms with E-state index in [4.69, 9.17) is 9.84 Å². The van der Waals surface area contributed by atoms with Crippen LogP contribution in [0, 0.1) is 0 Å². The molecule has 0 spiro atoms. The number of hydrogen-bond donors (Lipinski definition) is 4. The van der Waals surface area contributed by atoms with Gasteiger partial charge in [-0.3, -0.25) is 15.6 Å². The van der Waals surface area contributed by atoms with E-state index in [0.29, 0.717) is 17.2 Å². The van der Waals surface area contributed by atoms with Gasteiger partial charge in [0.15, 0.2) is 0 Å². The van der Waals surface area contributed by atoms with Gasteiger partial charge in [-0.05, 0) is 35.4 Å². The number of rotatable bonds is 6. The Labute approximate surface area is 151 Å². The van der Waals surface area contributed by atoms with Crippen LogP contribution in [0.5, 0.6) is 5.75 Å². The average Bonchev–Trinajstić information content (AvgIpc) is 3.20.